The number of fused-ring (bicyclic) bond motifs is 1. The fourth-order valence-electron chi connectivity index (χ4n) is 3.42. The molecule has 0 saturated carbocycles. The number of hydrogen-bond acceptors (Lipinski definition) is 5. The van der Waals surface area contributed by atoms with Gasteiger partial charge in [-0.25, -0.2) is 4.98 Å². The molecule has 3 heterocycles. The summed E-state index contributed by atoms with van der Waals surface area (Å²) in [6.07, 6.45) is 5.38. The normalized spacial score (nSPS) is 16.6. The number of likely N-dealkylation sites (tertiary alicyclic amines) is 1. The van der Waals surface area contributed by atoms with Gasteiger partial charge in [-0.2, -0.15) is 0 Å². The number of aromatic nitrogens is 2. The Morgan fingerprint density at radius 1 is 1.24 bits per heavy atom. The summed E-state index contributed by atoms with van der Waals surface area (Å²) in [6, 6.07) is 6.63. The van der Waals surface area contributed by atoms with E-state index in [1.54, 1.807) is 7.11 Å². The van der Waals surface area contributed by atoms with Crippen LogP contribution in [0.1, 0.15) is 32.3 Å². The highest BCUT2D eigenvalue weighted by molar-refractivity contribution is 5.78. The Balaban J connectivity index is 1.55. The molecule has 0 radical (unpaired) electrons. The van der Waals surface area contributed by atoms with E-state index in [4.69, 9.17) is 4.74 Å². The maximum atomic E-state index is 5.27. The Morgan fingerprint density at radius 2 is 2.04 bits per heavy atom. The molecule has 5 heteroatoms. The van der Waals surface area contributed by atoms with Crippen LogP contribution in [0.5, 0.6) is 5.88 Å². The van der Waals surface area contributed by atoms with Crippen molar-refractivity contribution in [2.45, 2.75) is 39.2 Å². The van der Waals surface area contributed by atoms with Crippen molar-refractivity contribution < 1.29 is 4.74 Å². The van der Waals surface area contributed by atoms with Crippen LogP contribution < -0.4 is 10.1 Å². The lowest BCUT2D eigenvalue weighted by atomic mass is 10.0. The number of pyridine rings is 2. The molecule has 1 aliphatic rings. The lowest BCUT2D eigenvalue weighted by molar-refractivity contribution is 0.198. The number of piperidine rings is 1. The molecular formula is C20H30N4O. The second kappa shape index (κ2) is 8.59. The molecule has 0 aliphatic carbocycles. The maximum Gasteiger partial charge on any atom is 0.213 e. The number of nitrogens with one attached hydrogen (secondary N) is 1. The number of methoxy groups -OCH3 is 1. The van der Waals surface area contributed by atoms with Crippen LogP contribution in [0, 0.1) is 5.92 Å². The first-order chi connectivity index (χ1) is 12.2. The van der Waals surface area contributed by atoms with Crippen molar-refractivity contribution in [1.82, 2.24) is 20.2 Å². The molecule has 3 rings (SSSR count). The predicted octanol–water partition coefficient (Wildman–Crippen LogP) is 2.89. The van der Waals surface area contributed by atoms with Gasteiger partial charge in [0.15, 0.2) is 0 Å². The van der Waals surface area contributed by atoms with Gasteiger partial charge < -0.3 is 15.0 Å². The summed E-state index contributed by atoms with van der Waals surface area (Å²) in [4.78, 5) is 11.6. The van der Waals surface area contributed by atoms with E-state index >= 15 is 0 Å². The summed E-state index contributed by atoms with van der Waals surface area (Å²) in [7, 11) is 1.65. The molecule has 136 valence electrons. The average molecular weight is 342 g/mol. The molecule has 0 atom stereocenters. The highest BCUT2D eigenvalue weighted by Crippen LogP contribution is 2.19. The lowest BCUT2D eigenvalue weighted by Gasteiger charge is -2.32. The molecule has 1 aliphatic heterocycles. The molecular weight excluding hydrogens is 312 g/mol. The minimum Gasteiger partial charge on any atom is -0.481 e. The molecule has 0 bridgehead atoms. The van der Waals surface area contributed by atoms with Gasteiger partial charge in [-0.05, 0) is 62.5 Å². The Kier molecular flexibility index (Phi) is 6.21. The zero-order valence-electron chi connectivity index (χ0n) is 15.7. The third kappa shape index (κ3) is 4.89. The van der Waals surface area contributed by atoms with Crippen LogP contribution in [-0.2, 0) is 6.42 Å². The third-order valence-electron chi connectivity index (χ3n) is 4.95. The summed E-state index contributed by atoms with van der Waals surface area (Å²) in [5.74, 6) is 1.38. The third-order valence-corrected chi connectivity index (χ3v) is 4.95. The molecule has 5 nitrogen and oxygen atoms in total. The summed E-state index contributed by atoms with van der Waals surface area (Å²) in [5, 5.41) is 3.69. The second-order valence-corrected chi connectivity index (χ2v) is 7.36. The number of hydrogen-bond donors (Lipinski definition) is 1. The van der Waals surface area contributed by atoms with Crippen molar-refractivity contribution in [3.8, 4) is 5.88 Å². The van der Waals surface area contributed by atoms with Gasteiger partial charge in [-0.3, -0.25) is 4.98 Å². The van der Waals surface area contributed by atoms with Gasteiger partial charge >= 0.3 is 0 Å². The Bertz CT molecular complexity index is 680. The van der Waals surface area contributed by atoms with Crippen LogP contribution in [0.4, 0.5) is 0 Å². The first-order valence-corrected chi connectivity index (χ1v) is 9.40. The average Bonchev–Trinajstić information content (AvgIpc) is 2.65. The lowest BCUT2D eigenvalue weighted by Crippen LogP contribution is -2.44. The van der Waals surface area contributed by atoms with Gasteiger partial charge in [0.2, 0.25) is 5.88 Å². The van der Waals surface area contributed by atoms with E-state index in [1.807, 2.05) is 18.3 Å². The van der Waals surface area contributed by atoms with Gasteiger partial charge in [-0.15, -0.1) is 0 Å². The molecule has 2 aromatic heterocycles. The van der Waals surface area contributed by atoms with Crippen molar-refractivity contribution in [2.75, 3.05) is 33.3 Å². The largest absolute Gasteiger partial charge is 0.481 e. The maximum absolute atomic E-state index is 5.27. The van der Waals surface area contributed by atoms with Gasteiger partial charge in [0.05, 0.1) is 18.1 Å². The molecule has 0 spiro atoms. The fourth-order valence-corrected chi connectivity index (χ4v) is 3.42. The molecule has 0 amide bonds. The zero-order valence-corrected chi connectivity index (χ0v) is 15.7. The van der Waals surface area contributed by atoms with Crippen molar-refractivity contribution >= 4 is 11.0 Å². The van der Waals surface area contributed by atoms with E-state index in [9.17, 15) is 0 Å². The van der Waals surface area contributed by atoms with Crippen LogP contribution in [0.15, 0.2) is 24.4 Å². The van der Waals surface area contributed by atoms with E-state index < -0.39 is 0 Å². The van der Waals surface area contributed by atoms with Crippen LogP contribution in [0.25, 0.3) is 11.0 Å². The highest BCUT2D eigenvalue weighted by Gasteiger charge is 2.19. The standard InChI is InChI=1S/C20H30N4O/c1-15(2)14-22-17-8-12-24(13-9-17)11-7-16-6-10-21-18-4-5-19(25-3)23-20(16)18/h4-6,10,15,17,22H,7-9,11-14H2,1-3H3. The molecule has 0 aromatic carbocycles. The van der Waals surface area contributed by atoms with Crippen molar-refractivity contribution in [3.05, 3.63) is 30.0 Å². The minimum atomic E-state index is 0.652. The summed E-state index contributed by atoms with van der Waals surface area (Å²) < 4.78 is 5.27. The molecule has 0 unspecified atom stereocenters. The van der Waals surface area contributed by atoms with E-state index in [-0.39, 0.29) is 0 Å². The zero-order chi connectivity index (χ0) is 17.6. The minimum absolute atomic E-state index is 0.652. The Labute approximate surface area is 150 Å². The summed E-state index contributed by atoms with van der Waals surface area (Å²) in [6.45, 7) is 9.09. The molecule has 25 heavy (non-hydrogen) atoms. The smallest absolute Gasteiger partial charge is 0.213 e. The fraction of sp³-hybridized carbons (Fsp3) is 0.600. The van der Waals surface area contributed by atoms with Gasteiger partial charge in [0.1, 0.15) is 0 Å². The van der Waals surface area contributed by atoms with Crippen molar-refractivity contribution in [2.24, 2.45) is 5.92 Å². The highest BCUT2D eigenvalue weighted by atomic mass is 16.5. The quantitative estimate of drug-likeness (QED) is 0.838. The first kappa shape index (κ1) is 18.1. The second-order valence-electron chi connectivity index (χ2n) is 7.36. The van der Waals surface area contributed by atoms with Gasteiger partial charge in [0, 0.05) is 24.8 Å². The Morgan fingerprint density at radius 3 is 2.76 bits per heavy atom. The monoisotopic (exact) mass is 342 g/mol. The van der Waals surface area contributed by atoms with Crippen LogP contribution in [0.3, 0.4) is 0 Å². The number of nitrogens with zero attached hydrogens (tertiary/aromatic N) is 3. The SMILES string of the molecule is COc1ccc2nccc(CCN3CCC(NCC(C)C)CC3)c2n1. The van der Waals surface area contributed by atoms with E-state index in [0.717, 1.165) is 36.5 Å². The summed E-state index contributed by atoms with van der Waals surface area (Å²) >= 11 is 0. The van der Waals surface area contributed by atoms with Crippen molar-refractivity contribution in [1.29, 1.82) is 0 Å². The molecule has 2 aromatic rings. The van der Waals surface area contributed by atoms with Gasteiger partial charge in [-0.1, -0.05) is 13.8 Å². The number of rotatable bonds is 7. The van der Waals surface area contributed by atoms with Crippen LogP contribution in [0.2, 0.25) is 0 Å². The van der Waals surface area contributed by atoms with Crippen LogP contribution in [-0.4, -0.2) is 54.2 Å². The summed E-state index contributed by atoms with van der Waals surface area (Å²) in [5.41, 5.74) is 3.16. The van der Waals surface area contributed by atoms with Gasteiger partial charge in [0.25, 0.3) is 0 Å². The Hall–Kier alpha value is -1.72. The molecule has 1 fully saturated rings. The van der Waals surface area contributed by atoms with Crippen molar-refractivity contribution in [3.63, 3.8) is 0 Å². The number of ether oxygens (including phenoxy) is 1. The van der Waals surface area contributed by atoms with E-state index in [1.165, 1.54) is 31.5 Å². The van der Waals surface area contributed by atoms with E-state index in [2.05, 4.69) is 40.1 Å². The van der Waals surface area contributed by atoms with Crippen LogP contribution >= 0.6 is 0 Å². The molecule has 1 N–H and O–H groups in total. The molecule has 1 saturated heterocycles. The first-order valence-electron chi connectivity index (χ1n) is 9.40. The van der Waals surface area contributed by atoms with E-state index in [0.29, 0.717) is 11.9 Å². The topological polar surface area (TPSA) is 50.3 Å². The predicted molar refractivity (Wildman–Crippen MR) is 102 cm³/mol.